The number of para-hydroxylation sites is 2. The summed E-state index contributed by atoms with van der Waals surface area (Å²) in [5.74, 6) is 0. The quantitative estimate of drug-likeness (QED) is 0.126. The van der Waals surface area contributed by atoms with E-state index >= 15 is 0 Å². The van der Waals surface area contributed by atoms with Crippen LogP contribution in [-0.4, -0.2) is 16.1 Å². The van der Waals surface area contributed by atoms with E-state index in [0.29, 0.717) is 0 Å². The first kappa shape index (κ1) is 42.4. The van der Waals surface area contributed by atoms with Crippen molar-refractivity contribution in [2.24, 2.45) is 0 Å². The highest BCUT2D eigenvalue weighted by atomic mass is 28.4. The smallest absolute Gasteiger partial charge is 0.0579 e. The summed E-state index contributed by atoms with van der Waals surface area (Å²) in [6, 6.07) is 85.4. The Labute approximate surface area is 398 Å². The normalized spacial score (nSPS) is 13.0. The van der Waals surface area contributed by atoms with Crippen molar-refractivity contribution in [2.75, 3.05) is 9.80 Å². The van der Waals surface area contributed by atoms with Gasteiger partial charge in [0.15, 0.2) is 0 Å². The highest BCUT2D eigenvalue weighted by Gasteiger charge is 2.59. The second-order valence-corrected chi connectivity index (χ2v) is 31.3. The van der Waals surface area contributed by atoms with Crippen LogP contribution in [-0.2, 0) is 4.66 Å². The van der Waals surface area contributed by atoms with E-state index in [0.717, 1.165) is 34.1 Å². The SMILES string of the molecule is C[Si](C)(C)C1([Si](C)(C)C)c2cc3cc(N(c4ccccc4)c4cccc(-c5ccccc5)c4)ccc3cc2-c2cc3ccc(N(c4ccccc4)c4cccc(-c5ccccc5)c4)cc3cc21. The van der Waals surface area contributed by atoms with Crippen LogP contribution in [0.3, 0.4) is 0 Å². The Bertz CT molecular complexity index is 3200. The van der Waals surface area contributed by atoms with Gasteiger partial charge in [-0.1, -0.05) is 185 Å². The van der Waals surface area contributed by atoms with Crippen LogP contribution in [0, 0.1) is 0 Å². The molecule has 1 aliphatic carbocycles. The zero-order chi connectivity index (χ0) is 45.9. The fraction of sp³-hybridized carbons (Fsp3) is 0.111. The molecule has 11 rings (SSSR count). The number of fused-ring (bicyclic) bond motifs is 5. The van der Waals surface area contributed by atoms with Crippen molar-refractivity contribution in [1.82, 2.24) is 0 Å². The number of hydrogen-bond acceptors (Lipinski definition) is 2. The minimum Gasteiger partial charge on any atom is -0.310 e. The molecule has 0 atom stereocenters. The van der Waals surface area contributed by atoms with Gasteiger partial charge < -0.3 is 9.80 Å². The minimum absolute atomic E-state index is 0.0364. The molecule has 67 heavy (non-hydrogen) atoms. The summed E-state index contributed by atoms with van der Waals surface area (Å²) in [5.41, 5.74) is 17.6. The van der Waals surface area contributed by atoms with Gasteiger partial charge in [0.25, 0.3) is 0 Å². The van der Waals surface area contributed by atoms with Crippen LogP contribution in [0.1, 0.15) is 11.1 Å². The summed E-state index contributed by atoms with van der Waals surface area (Å²) >= 11 is 0. The second-order valence-electron chi connectivity index (χ2n) is 20.3. The summed E-state index contributed by atoms with van der Waals surface area (Å²) in [6.45, 7) is 15.7. The largest absolute Gasteiger partial charge is 0.310 e. The lowest BCUT2D eigenvalue weighted by atomic mass is 9.97. The van der Waals surface area contributed by atoms with Crippen LogP contribution in [0.4, 0.5) is 34.1 Å². The van der Waals surface area contributed by atoms with Crippen molar-refractivity contribution in [3.63, 3.8) is 0 Å². The molecule has 0 bridgehead atoms. The van der Waals surface area contributed by atoms with Gasteiger partial charge in [-0.2, -0.15) is 0 Å². The van der Waals surface area contributed by atoms with E-state index in [-0.39, 0.29) is 4.66 Å². The predicted octanol–water partition coefficient (Wildman–Crippen LogP) is 18.3. The molecular weight excluding hydrogens is 841 g/mol. The minimum atomic E-state index is -2.00. The van der Waals surface area contributed by atoms with Crippen LogP contribution in [0.15, 0.2) is 231 Å². The Hall–Kier alpha value is -7.25. The van der Waals surface area contributed by atoms with Gasteiger partial charge in [-0.05, 0) is 151 Å². The highest BCUT2D eigenvalue weighted by molar-refractivity contribution is 6.99. The van der Waals surface area contributed by atoms with Gasteiger partial charge in [-0.25, -0.2) is 0 Å². The number of rotatable bonds is 10. The summed E-state index contributed by atoms with van der Waals surface area (Å²) < 4.78 is -0.0364. The molecule has 10 aromatic rings. The third-order valence-electron chi connectivity index (χ3n) is 14.2. The van der Waals surface area contributed by atoms with Crippen molar-refractivity contribution in [3.05, 3.63) is 242 Å². The van der Waals surface area contributed by atoms with Crippen LogP contribution < -0.4 is 9.80 Å². The number of benzene rings is 10. The van der Waals surface area contributed by atoms with Crippen molar-refractivity contribution >= 4 is 71.8 Å². The maximum atomic E-state index is 2.62. The van der Waals surface area contributed by atoms with E-state index in [9.17, 15) is 0 Å². The van der Waals surface area contributed by atoms with Gasteiger partial charge in [0, 0.05) is 38.8 Å². The summed E-state index contributed by atoms with van der Waals surface area (Å²) in [7, 11) is -4.01. The first-order valence-electron chi connectivity index (χ1n) is 23.7. The van der Waals surface area contributed by atoms with E-state index in [1.165, 1.54) is 66.1 Å². The molecule has 0 fully saturated rings. The molecule has 0 saturated carbocycles. The first-order valence-corrected chi connectivity index (χ1v) is 30.7. The van der Waals surface area contributed by atoms with Crippen LogP contribution in [0.5, 0.6) is 0 Å². The molecule has 0 amide bonds. The van der Waals surface area contributed by atoms with Gasteiger partial charge in [0.2, 0.25) is 0 Å². The lowest BCUT2D eigenvalue weighted by molar-refractivity contribution is 0.956. The molecule has 0 radical (unpaired) electrons. The maximum Gasteiger partial charge on any atom is 0.0579 e. The third-order valence-corrected chi connectivity index (χ3v) is 24.3. The molecular formula is C63H56N2Si2. The Balaban J connectivity index is 1.07. The molecule has 0 saturated heterocycles. The van der Waals surface area contributed by atoms with Crippen molar-refractivity contribution in [1.29, 1.82) is 0 Å². The molecule has 0 spiro atoms. The Kier molecular flexibility index (Phi) is 10.5. The molecule has 0 aliphatic heterocycles. The summed E-state index contributed by atoms with van der Waals surface area (Å²) in [5, 5.41) is 5.11. The zero-order valence-corrected chi connectivity index (χ0v) is 41.3. The number of nitrogens with zero attached hydrogens (tertiary/aromatic N) is 2. The monoisotopic (exact) mass is 896 g/mol. The van der Waals surface area contributed by atoms with Crippen molar-refractivity contribution in [3.8, 4) is 33.4 Å². The van der Waals surface area contributed by atoms with Gasteiger partial charge in [0.05, 0.1) is 16.1 Å². The summed E-state index contributed by atoms with van der Waals surface area (Å²) in [4.78, 5) is 4.83. The second kappa shape index (κ2) is 16.6. The average molecular weight is 897 g/mol. The summed E-state index contributed by atoms with van der Waals surface area (Å²) in [6.07, 6.45) is 0. The molecule has 0 heterocycles. The van der Waals surface area contributed by atoms with Gasteiger partial charge in [-0.3, -0.25) is 0 Å². The molecule has 326 valence electrons. The lowest BCUT2D eigenvalue weighted by Gasteiger charge is -2.51. The molecule has 1 aliphatic rings. The maximum absolute atomic E-state index is 2.62. The molecule has 0 N–H and O–H groups in total. The van der Waals surface area contributed by atoms with E-state index in [1.54, 1.807) is 0 Å². The van der Waals surface area contributed by atoms with Gasteiger partial charge >= 0.3 is 0 Å². The Morgan fingerprint density at radius 2 is 0.597 bits per heavy atom. The van der Waals surface area contributed by atoms with Crippen molar-refractivity contribution < 1.29 is 0 Å². The third kappa shape index (κ3) is 7.32. The zero-order valence-electron chi connectivity index (χ0n) is 39.3. The lowest BCUT2D eigenvalue weighted by Crippen LogP contribution is -2.63. The fourth-order valence-electron chi connectivity index (χ4n) is 11.8. The average Bonchev–Trinajstić information content (AvgIpc) is 3.64. The molecule has 4 heteroatoms. The predicted molar refractivity (Wildman–Crippen MR) is 295 cm³/mol. The molecule has 0 unspecified atom stereocenters. The fourth-order valence-corrected chi connectivity index (χ4v) is 24.8. The topological polar surface area (TPSA) is 6.48 Å². The van der Waals surface area contributed by atoms with Crippen LogP contribution >= 0.6 is 0 Å². The van der Waals surface area contributed by atoms with E-state index in [2.05, 4.69) is 280 Å². The van der Waals surface area contributed by atoms with Gasteiger partial charge in [0.1, 0.15) is 0 Å². The standard InChI is InChI=1S/C63H56N2Si2/c1-66(2,3)63(67(4,5)6)61-43-51-39-57(64(53-27-15-9-16-28-53)55-31-19-25-47(37-55)45-21-11-7-12-22-45)35-33-49(51)41-59(61)60-42-50-34-36-58(40-52(50)44-62(60)63)65(54-29-17-10-18-30-54)56-32-20-26-48(38-56)46-23-13-8-14-24-46/h7-44H,1-6H3. The van der Waals surface area contributed by atoms with Crippen LogP contribution in [0.2, 0.25) is 39.3 Å². The number of anilines is 6. The molecule has 0 aromatic heterocycles. The molecule has 10 aromatic carbocycles. The molecule has 2 nitrogen and oxygen atoms in total. The van der Waals surface area contributed by atoms with Crippen molar-refractivity contribution in [2.45, 2.75) is 43.9 Å². The Morgan fingerprint density at radius 1 is 0.269 bits per heavy atom. The first-order chi connectivity index (χ1) is 32.5. The van der Waals surface area contributed by atoms with E-state index in [1.807, 2.05) is 0 Å². The highest BCUT2D eigenvalue weighted by Crippen LogP contribution is 2.59. The van der Waals surface area contributed by atoms with Gasteiger partial charge in [-0.15, -0.1) is 0 Å². The Morgan fingerprint density at radius 3 is 0.970 bits per heavy atom. The van der Waals surface area contributed by atoms with Crippen LogP contribution in [0.25, 0.3) is 54.9 Å². The van der Waals surface area contributed by atoms with E-state index in [4.69, 9.17) is 0 Å². The van der Waals surface area contributed by atoms with E-state index < -0.39 is 16.1 Å². The number of hydrogen-bond donors (Lipinski definition) is 0.